The first-order valence-electron chi connectivity index (χ1n) is 13.1. The van der Waals surface area contributed by atoms with Crippen LogP contribution in [0.25, 0.3) is 5.69 Å². The second kappa shape index (κ2) is 12.3. The van der Waals surface area contributed by atoms with Crippen LogP contribution in [-0.4, -0.2) is 20.8 Å². The molecular formula is C31H37N5OS. The van der Waals surface area contributed by atoms with Crippen LogP contribution in [0.15, 0.2) is 71.9 Å². The third-order valence-electron chi connectivity index (χ3n) is 6.63. The number of carbonyl (C=O) groups excluding carboxylic acids is 1. The molecule has 0 fully saturated rings. The van der Waals surface area contributed by atoms with E-state index in [0.717, 1.165) is 33.4 Å². The van der Waals surface area contributed by atoms with Gasteiger partial charge in [-0.2, -0.15) is 0 Å². The second-order valence-corrected chi connectivity index (χ2v) is 11.2. The fourth-order valence-electron chi connectivity index (χ4n) is 4.39. The SMILES string of the molecule is Cc1ccc(-n2c(CNC(=O)Nc3c(C(C)C)cccc3C(C)C)nnc2SCc2ccccc2C)cc1. The molecule has 4 aromatic rings. The lowest BCUT2D eigenvalue weighted by molar-refractivity contribution is 0.251. The molecule has 38 heavy (non-hydrogen) atoms. The highest BCUT2D eigenvalue weighted by molar-refractivity contribution is 7.98. The fraction of sp³-hybridized carbons (Fsp3) is 0.323. The third kappa shape index (κ3) is 6.45. The van der Waals surface area contributed by atoms with Crippen LogP contribution in [0.5, 0.6) is 0 Å². The molecule has 7 heteroatoms. The molecule has 198 valence electrons. The number of hydrogen-bond acceptors (Lipinski definition) is 4. The van der Waals surface area contributed by atoms with Gasteiger partial charge in [-0.15, -0.1) is 10.2 Å². The molecule has 4 rings (SSSR count). The Labute approximate surface area is 230 Å². The normalized spacial score (nSPS) is 11.3. The number of nitrogens with zero attached hydrogens (tertiary/aromatic N) is 3. The van der Waals surface area contributed by atoms with Gasteiger partial charge in [-0.25, -0.2) is 4.79 Å². The van der Waals surface area contributed by atoms with Gasteiger partial charge in [0.25, 0.3) is 0 Å². The molecule has 1 heterocycles. The quantitative estimate of drug-likeness (QED) is 0.218. The van der Waals surface area contributed by atoms with E-state index in [2.05, 4.69) is 129 Å². The highest BCUT2D eigenvalue weighted by atomic mass is 32.2. The van der Waals surface area contributed by atoms with E-state index in [1.807, 2.05) is 4.57 Å². The lowest BCUT2D eigenvalue weighted by Gasteiger charge is -2.20. The van der Waals surface area contributed by atoms with Crippen LogP contribution in [0.3, 0.4) is 0 Å². The number of thioether (sulfide) groups is 1. The second-order valence-electron chi connectivity index (χ2n) is 10.2. The number of carbonyl (C=O) groups is 1. The highest BCUT2D eigenvalue weighted by Gasteiger charge is 2.18. The first-order valence-corrected chi connectivity index (χ1v) is 14.1. The lowest BCUT2D eigenvalue weighted by Crippen LogP contribution is -2.30. The molecular weight excluding hydrogens is 490 g/mol. The van der Waals surface area contributed by atoms with Crippen LogP contribution < -0.4 is 10.6 Å². The molecule has 1 aromatic heterocycles. The van der Waals surface area contributed by atoms with Gasteiger partial charge in [0.2, 0.25) is 0 Å². The number of urea groups is 1. The van der Waals surface area contributed by atoms with Crippen LogP contribution in [-0.2, 0) is 12.3 Å². The Morgan fingerprint density at radius 3 is 2.16 bits per heavy atom. The molecule has 0 unspecified atom stereocenters. The smallest absolute Gasteiger partial charge is 0.319 e. The molecule has 0 aliphatic rings. The number of nitrogens with one attached hydrogen (secondary N) is 2. The van der Waals surface area contributed by atoms with Gasteiger partial charge in [0.05, 0.1) is 6.54 Å². The molecule has 0 saturated carbocycles. The Kier molecular flexibility index (Phi) is 8.89. The van der Waals surface area contributed by atoms with E-state index < -0.39 is 0 Å². The van der Waals surface area contributed by atoms with Crippen molar-refractivity contribution < 1.29 is 4.79 Å². The van der Waals surface area contributed by atoms with Gasteiger partial charge in [0.15, 0.2) is 11.0 Å². The predicted molar refractivity (Wildman–Crippen MR) is 157 cm³/mol. The molecule has 0 bridgehead atoms. The Bertz CT molecular complexity index is 1370. The maximum absolute atomic E-state index is 13.1. The predicted octanol–water partition coefficient (Wildman–Crippen LogP) is 7.74. The average molecular weight is 528 g/mol. The van der Waals surface area contributed by atoms with Gasteiger partial charge < -0.3 is 10.6 Å². The molecule has 2 N–H and O–H groups in total. The first-order chi connectivity index (χ1) is 18.2. The van der Waals surface area contributed by atoms with Crippen LogP contribution >= 0.6 is 11.8 Å². The summed E-state index contributed by atoms with van der Waals surface area (Å²) in [5.74, 6) is 2.05. The van der Waals surface area contributed by atoms with Crippen LogP contribution in [0.2, 0.25) is 0 Å². The van der Waals surface area contributed by atoms with Crippen molar-refractivity contribution in [1.29, 1.82) is 0 Å². The molecule has 3 aromatic carbocycles. The monoisotopic (exact) mass is 527 g/mol. The number of rotatable bonds is 9. The summed E-state index contributed by atoms with van der Waals surface area (Å²) in [6.07, 6.45) is 0. The van der Waals surface area contributed by atoms with Gasteiger partial charge >= 0.3 is 6.03 Å². The van der Waals surface area contributed by atoms with E-state index in [1.165, 1.54) is 16.7 Å². The largest absolute Gasteiger partial charge is 0.331 e. The third-order valence-corrected chi connectivity index (χ3v) is 7.61. The van der Waals surface area contributed by atoms with Gasteiger partial charge in [-0.05, 0) is 60.1 Å². The van der Waals surface area contributed by atoms with Crippen molar-refractivity contribution in [3.63, 3.8) is 0 Å². The minimum Gasteiger partial charge on any atom is -0.331 e. The summed E-state index contributed by atoms with van der Waals surface area (Å²) in [6.45, 7) is 13.0. The van der Waals surface area contributed by atoms with Crippen molar-refractivity contribution in [1.82, 2.24) is 20.1 Å². The zero-order valence-electron chi connectivity index (χ0n) is 23.1. The molecule has 0 aliphatic carbocycles. The fourth-order valence-corrected chi connectivity index (χ4v) is 5.44. The maximum Gasteiger partial charge on any atom is 0.319 e. The van der Waals surface area contributed by atoms with Crippen molar-refractivity contribution in [2.24, 2.45) is 0 Å². The van der Waals surface area contributed by atoms with Gasteiger partial charge in [0.1, 0.15) is 0 Å². The number of aryl methyl sites for hydroxylation is 2. The van der Waals surface area contributed by atoms with Crippen LogP contribution in [0.1, 0.15) is 73.2 Å². The Balaban J connectivity index is 1.56. The number of amides is 2. The van der Waals surface area contributed by atoms with Crippen molar-refractivity contribution in [3.05, 3.63) is 100 Å². The molecule has 0 radical (unpaired) electrons. The van der Waals surface area contributed by atoms with E-state index in [9.17, 15) is 4.79 Å². The number of benzene rings is 3. The van der Waals surface area contributed by atoms with Crippen molar-refractivity contribution in [2.45, 2.75) is 70.8 Å². The Morgan fingerprint density at radius 2 is 1.53 bits per heavy atom. The van der Waals surface area contributed by atoms with Gasteiger partial charge in [-0.1, -0.05) is 99.6 Å². The van der Waals surface area contributed by atoms with Gasteiger partial charge in [-0.3, -0.25) is 4.57 Å². The lowest BCUT2D eigenvalue weighted by atomic mass is 9.93. The van der Waals surface area contributed by atoms with Crippen molar-refractivity contribution in [3.8, 4) is 5.69 Å². The summed E-state index contributed by atoms with van der Waals surface area (Å²) in [5, 5.41) is 15.9. The summed E-state index contributed by atoms with van der Waals surface area (Å²) < 4.78 is 2.03. The molecule has 0 saturated heterocycles. The minimum absolute atomic E-state index is 0.249. The van der Waals surface area contributed by atoms with Crippen molar-refractivity contribution in [2.75, 3.05) is 5.32 Å². The molecule has 0 aliphatic heterocycles. The zero-order chi connectivity index (χ0) is 27.2. The number of para-hydroxylation sites is 1. The number of hydrogen-bond donors (Lipinski definition) is 2. The minimum atomic E-state index is -0.257. The van der Waals surface area contributed by atoms with E-state index in [0.29, 0.717) is 17.7 Å². The van der Waals surface area contributed by atoms with E-state index >= 15 is 0 Å². The van der Waals surface area contributed by atoms with Crippen LogP contribution in [0.4, 0.5) is 10.5 Å². The highest BCUT2D eigenvalue weighted by Crippen LogP contribution is 2.32. The summed E-state index contributed by atoms with van der Waals surface area (Å²) in [5.41, 5.74) is 7.82. The summed E-state index contributed by atoms with van der Waals surface area (Å²) in [4.78, 5) is 13.1. The topological polar surface area (TPSA) is 71.8 Å². The van der Waals surface area contributed by atoms with Crippen LogP contribution in [0, 0.1) is 13.8 Å². The summed E-state index contributed by atoms with van der Waals surface area (Å²) in [7, 11) is 0. The number of anilines is 1. The first kappa shape index (κ1) is 27.5. The molecule has 0 spiro atoms. The summed E-state index contributed by atoms with van der Waals surface area (Å²) >= 11 is 1.64. The van der Waals surface area contributed by atoms with E-state index in [-0.39, 0.29) is 12.6 Å². The van der Waals surface area contributed by atoms with E-state index in [4.69, 9.17) is 0 Å². The standard InChI is InChI=1S/C31H37N5OS/c1-20(2)26-12-9-13-27(21(3)4)29(26)33-30(37)32-18-28-34-35-31(36(28)25-16-14-22(5)15-17-25)38-19-24-11-8-7-10-23(24)6/h7-17,20-21H,18-19H2,1-6H3,(H2,32,33,37). The Morgan fingerprint density at radius 1 is 0.868 bits per heavy atom. The average Bonchev–Trinajstić information content (AvgIpc) is 3.30. The molecule has 0 atom stereocenters. The maximum atomic E-state index is 13.1. The Hall–Kier alpha value is -3.58. The van der Waals surface area contributed by atoms with E-state index in [1.54, 1.807) is 11.8 Å². The summed E-state index contributed by atoms with van der Waals surface area (Å²) in [6, 6.07) is 22.6. The number of aromatic nitrogens is 3. The molecule has 6 nitrogen and oxygen atoms in total. The molecule has 2 amide bonds. The van der Waals surface area contributed by atoms with Gasteiger partial charge in [0, 0.05) is 17.1 Å². The van der Waals surface area contributed by atoms with Crippen molar-refractivity contribution >= 4 is 23.5 Å². The zero-order valence-corrected chi connectivity index (χ0v) is 23.9.